The molecule has 0 saturated carbocycles. The highest BCUT2D eigenvalue weighted by atomic mass is 32.2. The summed E-state index contributed by atoms with van der Waals surface area (Å²) >= 11 is 0. The first-order valence-electron chi connectivity index (χ1n) is 4.05. The molecule has 1 aliphatic heterocycles. The van der Waals surface area contributed by atoms with E-state index in [-0.39, 0.29) is 12.6 Å². The van der Waals surface area contributed by atoms with Crippen molar-refractivity contribution >= 4 is 10.0 Å². The Morgan fingerprint density at radius 1 is 1.54 bits per heavy atom. The van der Waals surface area contributed by atoms with Crippen molar-refractivity contribution in [2.75, 3.05) is 19.4 Å². The first-order valence-corrected chi connectivity index (χ1v) is 5.94. The molecule has 0 aliphatic carbocycles. The zero-order valence-electron chi connectivity index (χ0n) is 8.03. The molecule has 0 amide bonds. The number of rotatable bonds is 3. The monoisotopic (exact) mass is 209 g/mol. The van der Waals surface area contributed by atoms with Crippen molar-refractivity contribution in [1.29, 1.82) is 0 Å². The Hall–Kier alpha value is -0.170. The number of hydrogen-bond acceptors (Lipinski definition) is 4. The second-order valence-electron chi connectivity index (χ2n) is 3.57. The Balaban J connectivity index is 2.34. The van der Waals surface area contributed by atoms with Crippen LogP contribution in [-0.4, -0.2) is 39.7 Å². The van der Waals surface area contributed by atoms with Gasteiger partial charge in [-0.15, -0.1) is 0 Å². The molecular formula is C7H15NO4S. The Bertz CT molecular complexity index is 272. The van der Waals surface area contributed by atoms with E-state index < -0.39 is 15.8 Å². The third-order valence-corrected chi connectivity index (χ3v) is 2.33. The number of ether oxygens (including phenoxy) is 2. The van der Waals surface area contributed by atoms with Gasteiger partial charge in [0.05, 0.1) is 19.0 Å². The summed E-state index contributed by atoms with van der Waals surface area (Å²) in [5.41, 5.74) is 0. The Labute approximate surface area is 78.5 Å². The topological polar surface area (TPSA) is 64.6 Å². The molecule has 0 radical (unpaired) electrons. The van der Waals surface area contributed by atoms with Crippen LogP contribution < -0.4 is 4.72 Å². The van der Waals surface area contributed by atoms with Crippen molar-refractivity contribution in [3.63, 3.8) is 0 Å². The molecule has 0 unspecified atom stereocenters. The lowest BCUT2D eigenvalue weighted by Gasteiger charge is -2.16. The molecule has 1 rings (SSSR count). The van der Waals surface area contributed by atoms with E-state index in [0.717, 1.165) is 6.26 Å². The molecule has 1 heterocycles. The molecule has 0 aromatic heterocycles. The van der Waals surface area contributed by atoms with E-state index in [4.69, 9.17) is 9.47 Å². The average molecular weight is 209 g/mol. The summed E-state index contributed by atoms with van der Waals surface area (Å²) in [7, 11) is -3.13. The van der Waals surface area contributed by atoms with Crippen LogP contribution in [0.5, 0.6) is 0 Å². The van der Waals surface area contributed by atoms with E-state index in [9.17, 15) is 8.42 Å². The van der Waals surface area contributed by atoms with Crippen molar-refractivity contribution < 1.29 is 17.9 Å². The second kappa shape index (κ2) is 3.53. The van der Waals surface area contributed by atoms with Gasteiger partial charge in [-0.3, -0.25) is 0 Å². The van der Waals surface area contributed by atoms with E-state index in [2.05, 4.69) is 4.72 Å². The lowest BCUT2D eigenvalue weighted by atomic mass is 10.4. The summed E-state index contributed by atoms with van der Waals surface area (Å²) < 4.78 is 34.5. The molecular weight excluding hydrogens is 194 g/mol. The van der Waals surface area contributed by atoms with Crippen LogP contribution in [0.1, 0.15) is 13.8 Å². The first-order chi connectivity index (χ1) is 5.79. The van der Waals surface area contributed by atoms with Gasteiger partial charge in [0.25, 0.3) is 0 Å². The maximum atomic E-state index is 10.7. The first kappa shape index (κ1) is 10.9. The maximum Gasteiger partial charge on any atom is 0.208 e. The zero-order valence-corrected chi connectivity index (χ0v) is 8.85. The third-order valence-electron chi connectivity index (χ3n) is 1.64. The van der Waals surface area contributed by atoms with Gasteiger partial charge in [-0.1, -0.05) is 0 Å². The van der Waals surface area contributed by atoms with Crippen molar-refractivity contribution in [2.45, 2.75) is 25.7 Å². The van der Waals surface area contributed by atoms with Crippen LogP contribution in [0.3, 0.4) is 0 Å². The molecule has 1 aliphatic rings. The van der Waals surface area contributed by atoms with Crippen LogP contribution >= 0.6 is 0 Å². The van der Waals surface area contributed by atoms with Crippen LogP contribution in [0.15, 0.2) is 0 Å². The van der Waals surface area contributed by atoms with Gasteiger partial charge in [0.15, 0.2) is 5.79 Å². The van der Waals surface area contributed by atoms with Gasteiger partial charge >= 0.3 is 0 Å². The molecule has 0 aromatic rings. The maximum absolute atomic E-state index is 10.7. The van der Waals surface area contributed by atoms with E-state index in [1.807, 2.05) is 0 Å². The minimum Gasteiger partial charge on any atom is -0.348 e. The van der Waals surface area contributed by atoms with Gasteiger partial charge in [-0.25, -0.2) is 13.1 Å². The van der Waals surface area contributed by atoms with E-state index in [1.54, 1.807) is 13.8 Å². The van der Waals surface area contributed by atoms with Crippen molar-refractivity contribution in [2.24, 2.45) is 0 Å². The second-order valence-corrected chi connectivity index (χ2v) is 5.40. The molecule has 1 N–H and O–H groups in total. The van der Waals surface area contributed by atoms with Crippen molar-refractivity contribution in [3.8, 4) is 0 Å². The standard InChI is InChI=1S/C7H15NO4S/c1-7(2)11-5-6(12-7)4-8-13(3,9)10/h6,8H,4-5H2,1-3H3/t6-/m0/s1. The highest BCUT2D eigenvalue weighted by molar-refractivity contribution is 7.88. The van der Waals surface area contributed by atoms with Crippen LogP contribution in [-0.2, 0) is 19.5 Å². The van der Waals surface area contributed by atoms with Gasteiger partial charge in [0, 0.05) is 6.54 Å². The summed E-state index contributed by atoms with van der Waals surface area (Å²) in [6.07, 6.45) is 0.929. The van der Waals surface area contributed by atoms with Crippen LogP contribution in [0.4, 0.5) is 0 Å². The zero-order chi connectivity index (χ0) is 10.1. The molecule has 5 nitrogen and oxygen atoms in total. The number of sulfonamides is 1. The molecule has 1 fully saturated rings. The summed E-state index contributed by atoms with van der Waals surface area (Å²) in [5, 5.41) is 0. The summed E-state index contributed by atoms with van der Waals surface area (Å²) in [5.74, 6) is -0.593. The fourth-order valence-corrected chi connectivity index (χ4v) is 1.60. The lowest BCUT2D eigenvalue weighted by Crippen LogP contribution is -2.33. The van der Waals surface area contributed by atoms with Crippen LogP contribution in [0.2, 0.25) is 0 Å². The predicted molar refractivity (Wildman–Crippen MR) is 47.8 cm³/mol. The molecule has 0 spiro atoms. The molecule has 0 bridgehead atoms. The molecule has 0 aromatic carbocycles. The van der Waals surface area contributed by atoms with Crippen molar-refractivity contribution in [1.82, 2.24) is 4.72 Å². The summed E-state index contributed by atoms with van der Waals surface area (Å²) in [6.45, 7) is 4.29. The fraction of sp³-hybridized carbons (Fsp3) is 1.00. The summed E-state index contributed by atoms with van der Waals surface area (Å²) in [4.78, 5) is 0. The van der Waals surface area contributed by atoms with E-state index in [0.29, 0.717) is 6.61 Å². The number of nitrogens with one attached hydrogen (secondary N) is 1. The smallest absolute Gasteiger partial charge is 0.208 e. The SMILES string of the molecule is CC1(C)OC[C@H](CNS(C)(=O)=O)O1. The van der Waals surface area contributed by atoms with Gasteiger partial charge in [0.2, 0.25) is 10.0 Å². The third kappa shape index (κ3) is 4.04. The van der Waals surface area contributed by atoms with Gasteiger partial charge in [-0.05, 0) is 13.8 Å². The minimum absolute atomic E-state index is 0.190. The Morgan fingerprint density at radius 2 is 2.15 bits per heavy atom. The average Bonchev–Trinajstić information content (AvgIpc) is 2.24. The quantitative estimate of drug-likeness (QED) is 0.692. The Morgan fingerprint density at radius 3 is 2.54 bits per heavy atom. The highest BCUT2D eigenvalue weighted by Gasteiger charge is 2.32. The van der Waals surface area contributed by atoms with Crippen LogP contribution in [0.25, 0.3) is 0 Å². The largest absolute Gasteiger partial charge is 0.348 e. The van der Waals surface area contributed by atoms with Gasteiger partial charge in [-0.2, -0.15) is 0 Å². The molecule has 78 valence electrons. The van der Waals surface area contributed by atoms with Crippen LogP contribution in [0, 0.1) is 0 Å². The predicted octanol–water partition coefficient (Wildman–Crippen LogP) is -0.313. The molecule has 6 heteroatoms. The molecule has 1 saturated heterocycles. The molecule has 13 heavy (non-hydrogen) atoms. The Kier molecular flexibility index (Phi) is 2.96. The molecule has 1 atom stereocenters. The van der Waals surface area contributed by atoms with Gasteiger partial charge < -0.3 is 9.47 Å². The highest BCUT2D eigenvalue weighted by Crippen LogP contribution is 2.21. The number of hydrogen-bond donors (Lipinski definition) is 1. The van der Waals surface area contributed by atoms with Gasteiger partial charge in [0.1, 0.15) is 0 Å². The lowest BCUT2D eigenvalue weighted by molar-refractivity contribution is -0.137. The van der Waals surface area contributed by atoms with E-state index in [1.165, 1.54) is 0 Å². The normalized spacial score (nSPS) is 27.8. The minimum atomic E-state index is -3.13. The fourth-order valence-electron chi connectivity index (χ4n) is 1.11. The van der Waals surface area contributed by atoms with Crippen molar-refractivity contribution in [3.05, 3.63) is 0 Å². The summed E-state index contributed by atoms with van der Waals surface area (Å²) in [6, 6.07) is 0. The van der Waals surface area contributed by atoms with E-state index >= 15 is 0 Å².